The van der Waals surface area contributed by atoms with Gasteiger partial charge < -0.3 is 0 Å². The molecule has 0 nitrogen and oxygen atoms in total. The van der Waals surface area contributed by atoms with E-state index in [9.17, 15) is 0 Å². The van der Waals surface area contributed by atoms with Crippen molar-refractivity contribution < 1.29 is 0 Å². The molecule has 9 atom stereocenters. The Hall–Kier alpha value is 0. The Labute approximate surface area is 121 Å². The van der Waals surface area contributed by atoms with E-state index in [1.807, 2.05) is 0 Å². The highest BCUT2D eigenvalue weighted by atomic mass is 14.5. The maximum absolute atomic E-state index is 2.52. The van der Waals surface area contributed by atoms with Crippen LogP contribution in [-0.4, -0.2) is 0 Å². The Balaban J connectivity index is 2.09. The van der Waals surface area contributed by atoms with Crippen molar-refractivity contribution in [1.29, 1.82) is 0 Å². The molecule has 0 aromatic carbocycles. The van der Waals surface area contributed by atoms with E-state index in [0.717, 1.165) is 59.2 Å². The first-order valence-corrected chi connectivity index (χ1v) is 8.77. The summed E-state index contributed by atoms with van der Waals surface area (Å²) in [7, 11) is 0. The van der Waals surface area contributed by atoms with Crippen LogP contribution in [0.1, 0.15) is 61.8 Å². The van der Waals surface area contributed by atoms with Gasteiger partial charge in [0.2, 0.25) is 0 Å². The molecule has 0 amide bonds. The van der Waals surface area contributed by atoms with Crippen molar-refractivity contribution >= 4 is 0 Å². The van der Waals surface area contributed by atoms with E-state index in [-0.39, 0.29) is 0 Å². The summed E-state index contributed by atoms with van der Waals surface area (Å²) in [4.78, 5) is 0. The molecule has 19 heavy (non-hydrogen) atoms. The predicted octanol–water partition coefficient (Wildman–Crippen LogP) is 5.72. The van der Waals surface area contributed by atoms with Crippen LogP contribution in [0.25, 0.3) is 0 Å². The first kappa shape index (κ1) is 15.4. The van der Waals surface area contributed by atoms with Gasteiger partial charge in [-0.05, 0) is 65.6 Å². The molecule has 0 heteroatoms. The van der Waals surface area contributed by atoms with E-state index in [0.29, 0.717) is 0 Å². The van der Waals surface area contributed by atoms with E-state index < -0.39 is 0 Å². The van der Waals surface area contributed by atoms with Crippen LogP contribution in [-0.2, 0) is 0 Å². The lowest BCUT2D eigenvalue weighted by Gasteiger charge is -2.30. The van der Waals surface area contributed by atoms with Gasteiger partial charge in [-0.25, -0.2) is 0 Å². The Bertz CT molecular complexity index is 249. The summed E-state index contributed by atoms with van der Waals surface area (Å²) in [6, 6.07) is 0. The summed E-state index contributed by atoms with van der Waals surface area (Å²) in [6.45, 7) is 20.0. The van der Waals surface area contributed by atoms with Gasteiger partial charge in [0.25, 0.3) is 0 Å². The van der Waals surface area contributed by atoms with Gasteiger partial charge in [0.1, 0.15) is 0 Å². The minimum absolute atomic E-state index is 0.918. The standard InChI is InChI=1S/C19H36/c1-10-11(2)15(6)18(14(10)5)9-19-16(7)12(3)13(4)17(19)8/h10-19H,9H2,1-8H3/t10-,11?,12?,13?,14?,15?,16?,17?,18?,19?/m1/s1. The molecule has 112 valence electrons. The molecule has 2 saturated carbocycles. The molecule has 0 saturated heterocycles. The molecule has 2 aliphatic rings. The zero-order valence-corrected chi connectivity index (χ0v) is 14.5. The van der Waals surface area contributed by atoms with E-state index in [1.54, 1.807) is 0 Å². The third-order valence-corrected chi connectivity index (χ3v) is 8.22. The molecule has 0 spiro atoms. The summed E-state index contributed by atoms with van der Waals surface area (Å²) in [5.74, 6) is 9.32. The van der Waals surface area contributed by atoms with Crippen LogP contribution in [0.2, 0.25) is 0 Å². The fraction of sp³-hybridized carbons (Fsp3) is 1.00. The van der Waals surface area contributed by atoms with Crippen molar-refractivity contribution in [3.63, 3.8) is 0 Å². The Morgan fingerprint density at radius 3 is 0.789 bits per heavy atom. The lowest BCUT2D eigenvalue weighted by atomic mass is 9.76. The molecule has 0 heterocycles. The zero-order chi connectivity index (χ0) is 14.5. The monoisotopic (exact) mass is 264 g/mol. The SMILES string of the molecule is CC1C(C)C(C)C(CC2C(C)C(C)[C@@H](C)C2C)C1C. The normalized spacial score (nSPS) is 58.7. The third kappa shape index (κ3) is 2.38. The van der Waals surface area contributed by atoms with Crippen molar-refractivity contribution in [3.8, 4) is 0 Å². The molecule has 8 unspecified atom stereocenters. The Morgan fingerprint density at radius 1 is 0.368 bits per heavy atom. The second-order valence-corrected chi connectivity index (χ2v) is 8.44. The van der Waals surface area contributed by atoms with Gasteiger partial charge in [-0.1, -0.05) is 55.4 Å². The van der Waals surface area contributed by atoms with Gasteiger partial charge in [0, 0.05) is 0 Å². The van der Waals surface area contributed by atoms with Crippen LogP contribution in [0.4, 0.5) is 0 Å². The van der Waals surface area contributed by atoms with Crippen LogP contribution < -0.4 is 0 Å². The average Bonchev–Trinajstić information content (AvgIpc) is 2.68. The lowest BCUT2D eigenvalue weighted by Crippen LogP contribution is -2.22. The maximum Gasteiger partial charge on any atom is -0.0355 e. The van der Waals surface area contributed by atoms with Crippen molar-refractivity contribution in [2.24, 2.45) is 59.2 Å². The number of hydrogen-bond acceptors (Lipinski definition) is 0. The van der Waals surface area contributed by atoms with Crippen LogP contribution in [0.15, 0.2) is 0 Å². The molecule has 0 aliphatic heterocycles. The highest BCUT2D eigenvalue weighted by molar-refractivity contribution is 4.95. The van der Waals surface area contributed by atoms with Crippen LogP contribution >= 0.6 is 0 Å². The van der Waals surface area contributed by atoms with Crippen LogP contribution in [0, 0.1) is 59.2 Å². The second-order valence-electron chi connectivity index (χ2n) is 8.44. The van der Waals surface area contributed by atoms with Gasteiger partial charge in [0.15, 0.2) is 0 Å². The fourth-order valence-corrected chi connectivity index (χ4v) is 5.61. The van der Waals surface area contributed by atoms with Gasteiger partial charge in [-0.15, -0.1) is 0 Å². The number of rotatable bonds is 2. The Morgan fingerprint density at radius 2 is 0.579 bits per heavy atom. The summed E-state index contributed by atoms with van der Waals surface area (Å²) in [5, 5.41) is 0. The highest BCUT2D eigenvalue weighted by Gasteiger charge is 2.47. The van der Waals surface area contributed by atoms with Crippen molar-refractivity contribution in [3.05, 3.63) is 0 Å². The smallest absolute Gasteiger partial charge is 0.0355 e. The van der Waals surface area contributed by atoms with Crippen molar-refractivity contribution in [1.82, 2.24) is 0 Å². The van der Waals surface area contributed by atoms with Gasteiger partial charge in [-0.3, -0.25) is 0 Å². The Kier molecular flexibility index (Phi) is 4.38. The molecule has 0 radical (unpaired) electrons. The highest BCUT2D eigenvalue weighted by Crippen LogP contribution is 2.53. The number of hydrogen-bond donors (Lipinski definition) is 0. The molecular weight excluding hydrogens is 228 g/mol. The third-order valence-electron chi connectivity index (χ3n) is 8.22. The first-order chi connectivity index (χ1) is 8.77. The second kappa shape index (κ2) is 5.41. The molecule has 0 aromatic rings. The zero-order valence-electron chi connectivity index (χ0n) is 14.5. The largest absolute Gasteiger partial charge is 0.0620 e. The van der Waals surface area contributed by atoms with E-state index in [4.69, 9.17) is 0 Å². The minimum Gasteiger partial charge on any atom is -0.0620 e. The fourth-order valence-electron chi connectivity index (χ4n) is 5.61. The predicted molar refractivity (Wildman–Crippen MR) is 84.9 cm³/mol. The van der Waals surface area contributed by atoms with Gasteiger partial charge in [-0.2, -0.15) is 0 Å². The lowest BCUT2D eigenvalue weighted by molar-refractivity contribution is 0.193. The van der Waals surface area contributed by atoms with Gasteiger partial charge >= 0.3 is 0 Å². The van der Waals surface area contributed by atoms with E-state index >= 15 is 0 Å². The molecule has 2 fully saturated rings. The minimum atomic E-state index is 0.918. The molecule has 0 bridgehead atoms. The molecule has 2 rings (SSSR count). The van der Waals surface area contributed by atoms with Crippen molar-refractivity contribution in [2.75, 3.05) is 0 Å². The van der Waals surface area contributed by atoms with E-state index in [1.165, 1.54) is 6.42 Å². The van der Waals surface area contributed by atoms with E-state index in [2.05, 4.69) is 55.4 Å². The van der Waals surface area contributed by atoms with Gasteiger partial charge in [0.05, 0.1) is 0 Å². The molecule has 2 aliphatic carbocycles. The summed E-state index contributed by atoms with van der Waals surface area (Å²) < 4.78 is 0. The summed E-state index contributed by atoms with van der Waals surface area (Å²) in [6.07, 6.45) is 1.49. The summed E-state index contributed by atoms with van der Waals surface area (Å²) >= 11 is 0. The van der Waals surface area contributed by atoms with Crippen molar-refractivity contribution in [2.45, 2.75) is 61.8 Å². The quantitative estimate of drug-likeness (QED) is 0.598. The topological polar surface area (TPSA) is 0 Å². The van der Waals surface area contributed by atoms with Crippen LogP contribution in [0.5, 0.6) is 0 Å². The average molecular weight is 264 g/mol. The maximum atomic E-state index is 2.52. The summed E-state index contributed by atoms with van der Waals surface area (Å²) in [5.41, 5.74) is 0. The molecular formula is C19H36. The van der Waals surface area contributed by atoms with Crippen LogP contribution in [0.3, 0.4) is 0 Å². The molecule has 0 N–H and O–H groups in total. The molecule has 0 aromatic heterocycles. The first-order valence-electron chi connectivity index (χ1n) is 8.77.